The fraction of sp³-hybridized carbons (Fsp3) is 0.200. The van der Waals surface area contributed by atoms with Crippen molar-refractivity contribution in [2.45, 2.75) is 26.0 Å². The molecule has 4 rings (SSSR count). The Morgan fingerprint density at radius 2 is 1.92 bits per heavy atom. The fourth-order valence-electron chi connectivity index (χ4n) is 3.04. The van der Waals surface area contributed by atoms with Gasteiger partial charge in [-0.05, 0) is 37.6 Å². The van der Waals surface area contributed by atoms with Crippen LogP contribution in [0.1, 0.15) is 30.7 Å². The maximum absolute atomic E-state index is 9.75. The molecule has 1 aromatic heterocycles. The van der Waals surface area contributed by atoms with Gasteiger partial charge in [0.05, 0.1) is 12.7 Å². The number of rotatable bonds is 3. The van der Waals surface area contributed by atoms with Crippen LogP contribution in [0.3, 0.4) is 0 Å². The normalized spacial score (nSPS) is 15.2. The van der Waals surface area contributed by atoms with E-state index in [2.05, 4.69) is 22.4 Å². The van der Waals surface area contributed by atoms with Gasteiger partial charge in [-0.2, -0.15) is 0 Å². The summed E-state index contributed by atoms with van der Waals surface area (Å²) in [6.45, 7) is 4.63. The Bertz CT molecular complexity index is 943. The topological polar surface area (TPSA) is 60.2 Å². The SMILES string of the molecule is CC1(C)C=C(c2cn(Cc3ccccc3)nn2)c2ccc(O)cc2O1. The van der Waals surface area contributed by atoms with Gasteiger partial charge in [-0.15, -0.1) is 5.10 Å². The van der Waals surface area contributed by atoms with E-state index >= 15 is 0 Å². The van der Waals surface area contributed by atoms with E-state index in [1.807, 2.05) is 55.1 Å². The Morgan fingerprint density at radius 3 is 2.72 bits per heavy atom. The van der Waals surface area contributed by atoms with Crippen LogP contribution in [0.2, 0.25) is 0 Å². The number of aromatic nitrogens is 3. The number of hydrogen-bond acceptors (Lipinski definition) is 4. The van der Waals surface area contributed by atoms with Crippen LogP contribution >= 0.6 is 0 Å². The Morgan fingerprint density at radius 1 is 1.12 bits per heavy atom. The number of phenolic OH excluding ortho intramolecular Hbond substituents is 1. The maximum atomic E-state index is 9.75. The molecule has 5 heteroatoms. The van der Waals surface area contributed by atoms with Crippen LogP contribution < -0.4 is 4.74 Å². The van der Waals surface area contributed by atoms with Gasteiger partial charge in [0, 0.05) is 17.2 Å². The van der Waals surface area contributed by atoms with Crippen molar-refractivity contribution >= 4 is 5.57 Å². The highest BCUT2D eigenvalue weighted by Crippen LogP contribution is 2.40. The summed E-state index contributed by atoms with van der Waals surface area (Å²) in [6, 6.07) is 15.3. The molecule has 0 aliphatic carbocycles. The number of fused-ring (bicyclic) bond motifs is 1. The van der Waals surface area contributed by atoms with Crippen molar-refractivity contribution in [1.82, 2.24) is 15.0 Å². The predicted octanol–water partition coefficient (Wildman–Crippen LogP) is 3.63. The summed E-state index contributed by atoms with van der Waals surface area (Å²) in [7, 11) is 0. The summed E-state index contributed by atoms with van der Waals surface area (Å²) in [6.07, 6.45) is 3.99. The molecular formula is C20H19N3O2. The molecule has 0 spiro atoms. The second kappa shape index (κ2) is 5.77. The molecule has 5 nitrogen and oxygen atoms in total. The summed E-state index contributed by atoms with van der Waals surface area (Å²) in [5, 5.41) is 18.4. The summed E-state index contributed by atoms with van der Waals surface area (Å²) >= 11 is 0. The maximum Gasteiger partial charge on any atom is 0.132 e. The lowest BCUT2D eigenvalue weighted by Gasteiger charge is -2.30. The third-order valence-electron chi connectivity index (χ3n) is 4.12. The molecule has 0 atom stereocenters. The average Bonchev–Trinajstić information content (AvgIpc) is 3.02. The Hall–Kier alpha value is -3.08. The minimum Gasteiger partial charge on any atom is -0.508 e. The summed E-state index contributed by atoms with van der Waals surface area (Å²) in [5.41, 5.74) is 3.35. The van der Waals surface area contributed by atoms with E-state index in [0.29, 0.717) is 12.3 Å². The van der Waals surface area contributed by atoms with Gasteiger partial charge in [0.25, 0.3) is 0 Å². The van der Waals surface area contributed by atoms with E-state index in [0.717, 1.165) is 16.8 Å². The number of benzene rings is 2. The van der Waals surface area contributed by atoms with Crippen molar-refractivity contribution in [3.05, 3.63) is 77.6 Å². The van der Waals surface area contributed by atoms with Crippen LogP contribution in [-0.2, 0) is 6.54 Å². The Kier molecular flexibility index (Phi) is 3.57. The van der Waals surface area contributed by atoms with Gasteiger partial charge in [0.1, 0.15) is 22.8 Å². The fourth-order valence-corrected chi connectivity index (χ4v) is 3.04. The number of aromatic hydroxyl groups is 1. The van der Waals surface area contributed by atoms with Gasteiger partial charge in [-0.1, -0.05) is 35.5 Å². The molecular weight excluding hydrogens is 314 g/mol. The molecule has 2 aromatic carbocycles. The first-order valence-corrected chi connectivity index (χ1v) is 8.20. The number of nitrogens with zero attached hydrogens (tertiary/aromatic N) is 3. The van der Waals surface area contributed by atoms with E-state index in [1.165, 1.54) is 5.56 Å². The highest BCUT2D eigenvalue weighted by molar-refractivity contribution is 5.83. The standard InChI is InChI=1S/C20H19N3O2/c1-20(2)11-17(16-9-8-15(24)10-19(16)25-20)18-13-23(22-21-18)12-14-6-4-3-5-7-14/h3-11,13,24H,12H2,1-2H3. The van der Waals surface area contributed by atoms with Crippen LogP contribution in [0.5, 0.6) is 11.5 Å². The van der Waals surface area contributed by atoms with E-state index in [4.69, 9.17) is 4.74 Å². The van der Waals surface area contributed by atoms with E-state index in [9.17, 15) is 5.11 Å². The zero-order valence-corrected chi connectivity index (χ0v) is 14.2. The minimum absolute atomic E-state index is 0.184. The minimum atomic E-state index is -0.487. The van der Waals surface area contributed by atoms with Crippen molar-refractivity contribution in [1.29, 1.82) is 0 Å². The lowest BCUT2D eigenvalue weighted by molar-refractivity contribution is 0.157. The molecule has 2 heterocycles. The Labute approximate surface area is 146 Å². The van der Waals surface area contributed by atoms with Gasteiger partial charge in [0.2, 0.25) is 0 Å². The van der Waals surface area contributed by atoms with E-state index < -0.39 is 5.60 Å². The van der Waals surface area contributed by atoms with Crippen molar-refractivity contribution in [3.63, 3.8) is 0 Å². The summed E-state index contributed by atoms with van der Waals surface area (Å²) < 4.78 is 7.79. The van der Waals surface area contributed by atoms with Crippen molar-refractivity contribution < 1.29 is 9.84 Å². The monoisotopic (exact) mass is 333 g/mol. The molecule has 1 aliphatic heterocycles. The average molecular weight is 333 g/mol. The molecule has 0 saturated carbocycles. The van der Waals surface area contributed by atoms with Gasteiger partial charge >= 0.3 is 0 Å². The van der Waals surface area contributed by atoms with Crippen molar-refractivity contribution in [3.8, 4) is 11.5 Å². The van der Waals surface area contributed by atoms with Crippen LogP contribution in [0.15, 0.2) is 60.8 Å². The lowest BCUT2D eigenvalue weighted by Crippen LogP contribution is -2.29. The molecule has 1 N–H and O–H groups in total. The molecule has 0 fully saturated rings. The van der Waals surface area contributed by atoms with Crippen LogP contribution in [0.25, 0.3) is 5.57 Å². The largest absolute Gasteiger partial charge is 0.508 e. The van der Waals surface area contributed by atoms with Gasteiger partial charge in [0.15, 0.2) is 0 Å². The molecule has 0 bridgehead atoms. The first kappa shape index (κ1) is 15.4. The zero-order valence-electron chi connectivity index (χ0n) is 14.2. The zero-order chi connectivity index (χ0) is 17.4. The third kappa shape index (κ3) is 3.13. The smallest absolute Gasteiger partial charge is 0.132 e. The lowest BCUT2D eigenvalue weighted by atomic mass is 9.93. The quantitative estimate of drug-likeness (QED) is 0.795. The molecule has 25 heavy (non-hydrogen) atoms. The van der Waals surface area contributed by atoms with E-state index in [1.54, 1.807) is 12.1 Å². The third-order valence-corrected chi connectivity index (χ3v) is 4.12. The second-order valence-electron chi connectivity index (χ2n) is 6.73. The number of hydrogen-bond donors (Lipinski definition) is 1. The van der Waals surface area contributed by atoms with Crippen LogP contribution in [0, 0.1) is 0 Å². The summed E-state index contributed by atoms with van der Waals surface area (Å²) in [4.78, 5) is 0. The predicted molar refractivity (Wildman–Crippen MR) is 95.5 cm³/mol. The molecule has 0 unspecified atom stereocenters. The molecule has 0 amide bonds. The molecule has 1 aliphatic rings. The molecule has 0 saturated heterocycles. The first-order chi connectivity index (χ1) is 12.0. The highest BCUT2D eigenvalue weighted by Gasteiger charge is 2.28. The van der Waals surface area contributed by atoms with Crippen LogP contribution in [-0.4, -0.2) is 25.7 Å². The first-order valence-electron chi connectivity index (χ1n) is 8.20. The Balaban J connectivity index is 1.70. The molecule has 0 radical (unpaired) electrons. The number of phenols is 1. The van der Waals surface area contributed by atoms with Gasteiger partial charge in [-0.3, -0.25) is 0 Å². The van der Waals surface area contributed by atoms with Crippen molar-refractivity contribution in [2.75, 3.05) is 0 Å². The van der Waals surface area contributed by atoms with Crippen LogP contribution in [0.4, 0.5) is 0 Å². The highest BCUT2D eigenvalue weighted by atomic mass is 16.5. The number of ether oxygens (including phenoxy) is 1. The molecule has 126 valence electrons. The van der Waals surface area contributed by atoms with E-state index in [-0.39, 0.29) is 5.75 Å². The van der Waals surface area contributed by atoms with Crippen molar-refractivity contribution in [2.24, 2.45) is 0 Å². The van der Waals surface area contributed by atoms with Gasteiger partial charge < -0.3 is 9.84 Å². The summed E-state index contributed by atoms with van der Waals surface area (Å²) in [5.74, 6) is 0.837. The van der Waals surface area contributed by atoms with Gasteiger partial charge in [-0.25, -0.2) is 4.68 Å². The second-order valence-corrected chi connectivity index (χ2v) is 6.73. The molecule has 3 aromatic rings.